The lowest BCUT2D eigenvalue weighted by Gasteiger charge is -2.03. The topological polar surface area (TPSA) is 68.9 Å². The molecule has 74 valence electrons. The van der Waals surface area contributed by atoms with Gasteiger partial charge >= 0.3 is 0 Å². The molecule has 0 aliphatic heterocycles. The van der Waals surface area contributed by atoms with Crippen molar-refractivity contribution >= 4 is 12.2 Å². The van der Waals surface area contributed by atoms with Crippen LogP contribution in [0.15, 0.2) is 36.5 Å². The Bertz CT molecular complexity index is 497. The van der Waals surface area contributed by atoms with Crippen molar-refractivity contribution in [3.05, 3.63) is 42.1 Å². The fourth-order valence-electron chi connectivity index (χ4n) is 1.36. The van der Waals surface area contributed by atoms with Crippen molar-refractivity contribution in [2.45, 2.75) is 0 Å². The molecule has 4 heteroatoms. The van der Waals surface area contributed by atoms with Gasteiger partial charge in [0.05, 0.1) is 5.69 Å². The van der Waals surface area contributed by atoms with Crippen LogP contribution in [0.1, 0.15) is 10.4 Å². The van der Waals surface area contributed by atoms with E-state index in [0.29, 0.717) is 11.3 Å². The van der Waals surface area contributed by atoms with Gasteiger partial charge in [0.15, 0.2) is 6.29 Å². The van der Waals surface area contributed by atoms with Crippen LogP contribution in [-0.4, -0.2) is 16.3 Å². The first-order valence-electron chi connectivity index (χ1n) is 4.44. The fourth-order valence-corrected chi connectivity index (χ4v) is 1.36. The summed E-state index contributed by atoms with van der Waals surface area (Å²) in [5.41, 5.74) is 7.49. The van der Waals surface area contributed by atoms with E-state index < -0.39 is 0 Å². The molecule has 0 aliphatic carbocycles. The van der Waals surface area contributed by atoms with E-state index in [1.165, 1.54) is 0 Å². The van der Waals surface area contributed by atoms with Gasteiger partial charge in [-0.3, -0.25) is 4.79 Å². The minimum atomic E-state index is 0.202. The molecule has 15 heavy (non-hydrogen) atoms. The van der Waals surface area contributed by atoms with Crippen molar-refractivity contribution in [1.29, 1.82) is 0 Å². The number of nitrogens with two attached hydrogens (primary N) is 1. The van der Waals surface area contributed by atoms with Gasteiger partial charge in [-0.1, -0.05) is 24.3 Å². The first-order valence-corrected chi connectivity index (χ1v) is 4.44. The van der Waals surface area contributed by atoms with Gasteiger partial charge in [-0.2, -0.15) is 0 Å². The summed E-state index contributed by atoms with van der Waals surface area (Å²) in [5.74, 6) is 0.202. The van der Waals surface area contributed by atoms with Gasteiger partial charge in [-0.05, 0) is 6.07 Å². The van der Waals surface area contributed by atoms with E-state index in [4.69, 9.17) is 5.73 Å². The van der Waals surface area contributed by atoms with Gasteiger partial charge in [0.25, 0.3) is 0 Å². The van der Waals surface area contributed by atoms with Crippen molar-refractivity contribution in [2.75, 3.05) is 5.73 Å². The van der Waals surface area contributed by atoms with Crippen LogP contribution in [0.4, 0.5) is 5.95 Å². The average Bonchev–Trinajstić information content (AvgIpc) is 2.29. The van der Waals surface area contributed by atoms with Gasteiger partial charge in [-0.25, -0.2) is 9.97 Å². The summed E-state index contributed by atoms with van der Waals surface area (Å²) in [4.78, 5) is 18.7. The zero-order chi connectivity index (χ0) is 10.7. The summed E-state index contributed by atoms with van der Waals surface area (Å²) < 4.78 is 0. The molecule has 0 fully saturated rings. The molecule has 0 amide bonds. The summed E-state index contributed by atoms with van der Waals surface area (Å²) >= 11 is 0. The number of carbonyl (C=O) groups excluding carboxylic acids is 1. The number of nitrogens with zero attached hydrogens (tertiary/aromatic N) is 2. The molecule has 0 bridgehead atoms. The van der Waals surface area contributed by atoms with Gasteiger partial charge < -0.3 is 5.73 Å². The minimum absolute atomic E-state index is 0.202. The molecule has 2 N–H and O–H groups in total. The molecule has 0 saturated heterocycles. The molecule has 2 aromatic rings. The van der Waals surface area contributed by atoms with E-state index in [9.17, 15) is 4.79 Å². The molecular formula is C11H9N3O. The van der Waals surface area contributed by atoms with E-state index in [0.717, 1.165) is 11.8 Å². The number of hydrogen-bond acceptors (Lipinski definition) is 4. The zero-order valence-corrected chi connectivity index (χ0v) is 7.92. The number of rotatable bonds is 2. The Morgan fingerprint density at radius 1 is 1.20 bits per heavy atom. The zero-order valence-electron chi connectivity index (χ0n) is 7.92. The van der Waals surface area contributed by atoms with Crippen LogP contribution in [0.2, 0.25) is 0 Å². The quantitative estimate of drug-likeness (QED) is 0.745. The average molecular weight is 199 g/mol. The highest BCUT2D eigenvalue weighted by atomic mass is 16.1. The lowest BCUT2D eigenvalue weighted by Crippen LogP contribution is -1.96. The second kappa shape index (κ2) is 3.88. The third kappa shape index (κ3) is 1.83. The van der Waals surface area contributed by atoms with Crippen LogP contribution in [0, 0.1) is 0 Å². The predicted octanol–water partition coefficient (Wildman–Crippen LogP) is 1.54. The normalized spacial score (nSPS) is 9.87. The van der Waals surface area contributed by atoms with Crippen LogP contribution in [-0.2, 0) is 0 Å². The van der Waals surface area contributed by atoms with E-state index >= 15 is 0 Å². The van der Waals surface area contributed by atoms with Crippen molar-refractivity contribution in [3.8, 4) is 11.3 Å². The summed E-state index contributed by atoms with van der Waals surface area (Å²) in [6.45, 7) is 0. The second-order valence-electron chi connectivity index (χ2n) is 3.01. The molecule has 1 heterocycles. The van der Waals surface area contributed by atoms with Crippen LogP contribution >= 0.6 is 0 Å². The van der Waals surface area contributed by atoms with Crippen molar-refractivity contribution in [1.82, 2.24) is 9.97 Å². The predicted molar refractivity (Wildman–Crippen MR) is 57.3 cm³/mol. The molecule has 0 unspecified atom stereocenters. The largest absolute Gasteiger partial charge is 0.368 e. The molecule has 0 spiro atoms. The summed E-state index contributed by atoms with van der Waals surface area (Å²) in [6.07, 6.45) is 2.37. The standard InChI is InChI=1S/C11H9N3O/c12-11-13-6-5-10(14-11)9-4-2-1-3-8(9)7-15/h1-7H,(H2,12,13,14). The van der Waals surface area contributed by atoms with Crippen LogP contribution < -0.4 is 5.73 Å². The summed E-state index contributed by atoms with van der Waals surface area (Å²) in [6, 6.07) is 8.93. The number of aromatic nitrogens is 2. The summed E-state index contributed by atoms with van der Waals surface area (Å²) in [5, 5.41) is 0. The fraction of sp³-hybridized carbons (Fsp3) is 0. The molecule has 1 aromatic heterocycles. The Kier molecular flexibility index (Phi) is 2.41. The highest BCUT2D eigenvalue weighted by Crippen LogP contribution is 2.20. The van der Waals surface area contributed by atoms with Gasteiger partial charge in [0.1, 0.15) is 0 Å². The number of anilines is 1. The number of hydrogen-bond donors (Lipinski definition) is 1. The second-order valence-corrected chi connectivity index (χ2v) is 3.01. The maximum atomic E-state index is 10.8. The van der Waals surface area contributed by atoms with Crippen molar-refractivity contribution < 1.29 is 4.79 Å². The smallest absolute Gasteiger partial charge is 0.220 e. The molecule has 0 atom stereocenters. The van der Waals surface area contributed by atoms with Crippen LogP contribution in [0.25, 0.3) is 11.3 Å². The Labute approximate surface area is 86.8 Å². The molecule has 0 saturated carbocycles. The van der Waals surface area contributed by atoms with Gasteiger partial charge in [-0.15, -0.1) is 0 Å². The van der Waals surface area contributed by atoms with E-state index in [2.05, 4.69) is 9.97 Å². The highest BCUT2D eigenvalue weighted by molar-refractivity contribution is 5.86. The Hall–Kier alpha value is -2.23. The maximum Gasteiger partial charge on any atom is 0.220 e. The molecule has 1 aromatic carbocycles. The first-order chi connectivity index (χ1) is 7.31. The first kappa shape index (κ1) is 9.33. The van der Waals surface area contributed by atoms with E-state index in [1.54, 1.807) is 24.4 Å². The van der Waals surface area contributed by atoms with Gasteiger partial charge in [0.2, 0.25) is 5.95 Å². The number of benzene rings is 1. The SMILES string of the molecule is Nc1nccc(-c2ccccc2C=O)n1. The van der Waals surface area contributed by atoms with Gasteiger partial charge in [0, 0.05) is 17.3 Å². The lowest BCUT2D eigenvalue weighted by molar-refractivity contribution is 0.112. The molecule has 0 aliphatic rings. The number of carbonyl (C=O) groups is 1. The highest BCUT2D eigenvalue weighted by Gasteiger charge is 2.04. The third-order valence-electron chi connectivity index (χ3n) is 2.04. The third-order valence-corrected chi connectivity index (χ3v) is 2.04. The summed E-state index contributed by atoms with van der Waals surface area (Å²) in [7, 11) is 0. The Morgan fingerprint density at radius 3 is 2.73 bits per heavy atom. The maximum absolute atomic E-state index is 10.8. The minimum Gasteiger partial charge on any atom is -0.368 e. The van der Waals surface area contributed by atoms with Crippen molar-refractivity contribution in [2.24, 2.45) is 0 Å². The number of aldehydes is 1. The molecule has 2 rings (SSSR count). The van der Waals surface area contributed by atoms with Crippen LogP contribution in [0.3, 0.4) is 0 Å². The Morgan fingerprint density at radius 2 is 2.00 bits per heavy atom. The lowest BCUT2D eigenvalue weighted by atomic mass is 10.1. The molecule has 4 nitrogen and oxygen atoms in total. The monoisotopic (exact) mass is 199 g/mol. The van der Waals surface area contributed by atoms with Crippen LogP contribution in [0.5, 0.6) is 0 Å². The van der Waals surface area contributed by atoms with Crippen molar-refractivity contribution in [3.63, 3.8) is 0 Å². The number of nitrogen functional groups attached to an aromatic ring is 1. The molecular weight excluding hydrogens is 190 g/mol. The van der Waals surface area contributed by atoms with E-state index in [1.807, 2.05) is 12.1 Å². The Balaban J connectivity index is 2.58. The van der Waals surface area contributed by atoms with E-state index in [-0.39, 0.29) is 5.95 Å². The molecule has 0 radical (unpaired) electrons.